The summed E-state index contributed by atoms with van der Waals surface area (Å²) in [6.45, 7) is 5.81. The van der Waals surface area contributed by atoms with E-state index in [1.54, 1.807) is 6.07 Å². The van der Waals surface area contributed by atoms with E-state index in [-0.39, 0.29) is 5.95 Å². The first-order valence-electron chi connectivity index (χ1n) is 7.08. The van der Waals surface area contributed by atoms with Crippen molar-refractivity contribution in [1.82, 2.24) is 9.97 Å². The number of anilines is 4. The molecule has 2 aromatic rings. The van der Waals surface area contributed by atoms with E-state index in [0.717, 1.165) is 32.0 Å². The second-order valence-electron chi connectivity index (χ2n) is 5.32. The van der Waals surface area contributed by atoms with Crippen LogP contribution in [-0.2, 0) is 0 Å². The Kier molecular flexibility index (Phi) is 3.51. The van der Waals surface area contributed by atoms with Crippen molar-refractivity contribution in [2.24, 2.45) is 0 Å². The number of piperazine rings is 1. The zero-order chi connectivity index (χ0) is 14.8. The van der Waals surface area contributed by atoms with Gasteiger partial charge in [0, 0.05) is 37.9 Å². The maximum Gasteiger partial charge on any atom is 0.223 e. The Morgan fingerprint density at radius 1 is 0.952 bits per heavy atom. The van der Waals surface area contributed by atoms with Crippen molar-refractivity contribution in [3.05, 3.63) is 35.9 Å². The predicted octanol–water partition coefficient (Wildman–Crippen LogP) is 1.28. The molecule has 2 heterocycles. The number of aryl methyl sites for hydroxylation is 1. The van der Waals surface area contributed by atoms with Crippen LogP contribution in [0.15, 0.2) is 30.3 Å². The van der Waals surface area contributed by atoms with Gasteiger partial charge in [0.05, 0.1) is 0 Å². The lowest BCUT2D eigenvalue weighted by molar-refractivity contribution is 0.647. The minimum absolute atomic E-state index is 0.228. The highest BCUT2D eigenvalue weighted by Crippen LogP contribution is 2.21. The number of benzene rings is 1. The quantitative estimate of drug-likeness (QED) is 0.864. The summed E-state index contributed by atoms with van der Waals surface area (Å²) in [7, 11) is 0. The van der Waals surface area contributed by atoms with Crippen LogP contribution in [0.2, 0.25) is 0 Å². The second-order valence-corrected chi connectivity index (χ2v) is 5.32. The van der Waals surface area contributed by atoms with Crippen LogP contribution in [0.5, 0.6) is 0 Å². The molecule has 1 aliphatic rings. The Hall–Kier alpha value is -2.50. The average Bonchev–Trinajstić information content (AvgIpc) is 2.46. The van der Waals surface area contributed by atoms with Gasteiger partial charge in [-0.15, -0.1) is 0 Å². The molecule has 21 heavy (non-hydrogen) atoms. The Labute approximate surface area is 124 Å². The van der Waals surface area contributed by atoms with Crippen LogP contribution in [0, 0.1) is 6.92 Å². The lowest BCUT2D eigenvalue weighted by Crippen LogP contribution is -2.47. The zero-order valence-electron chi connectivity index (χ0n) is 12.2. The van der Waals surface area contributed by atoms with Gasteiger partial charge in [0.15, 0.2) is 0 Å². The molecule has 0 spiro atoms. The number of rotatable bonds is 2. The standard InChI is InChI=1S/C15H20N6/c1-11-3-2-4-12(9-11)20-5-7-21(8-6-20)14-10-13(16)18-15(17)19-14/h2-4,9-10H,5-8H2,1H3,(H4,16,17,18,19). The third-order valence-corrected chi connectivity index (χ3v) is 3.72. The monoisotopic (exact) mass is 284 g/mol. The molecule has 6 heteroatoms. The maximum atomic E-state index is 5.73. The van der Waals surface area contributed by atoms with Crippen molar-refractivity contribution < 1.29 is 0 Å². The smallest absolute Gasteiger partial charge is 0.223 e. The number of hydrogen-bond donors (Lipinski definition) is 2. The molecule has 0 aliphatic carbocycles. The van der Waals surface area contributed by atoms with Gasteiger partial charge in [-0.25, -0.2) is 0 Å². The van der Waals surface area contributed by atoms with E-state index >= 15 is 0 Å². The summed E-state index contributed by atoms with van der Waals surface area (Å²) in [5, 5.41) is 0. The minimum atomic E-state index is 0.228. The SMILES string of the molecule is Cc1cccc(N2CCN(c3cc(N)nc(N)n3)CC2)c1. The molecule has 0 radical (unpaired) electrons. The molecule has 0 amide bonds. The van der Waals surface area contributed by atoms with E-state index in [1.165, 1.54) is 11.3 Å². The van der Waals surface area contributed by atoms with Crippen LogP contribution in [0.1, 0.15) is 5.56 Å². The van der Waals surface area contributed by atoms with Crippen LogP contribution in [-0.4, -0.2) is 36.1 Å². The van der Waals surface area contributed by atoms with Gasteiger partial charge in [-0.3, -0.25) is 0 Å². The number of nitrogens with zero attached hydrogens (tertiary/aromatic N) is 4. The fourth-order valence-electron chi connectivity index (χ4n) is 2.65. The highest BCUT2D eigenvalue weighted by molar-refractivity contribution is 5.53. The van der Waals surface area contributed by atoms with Gasteiger partial charge in [-0.2, -0.15) is 9.97 Å². The largest absolute Gasteiger partial charge is 0.383 e. The minimum Gasteiger partial charge on any atom is -0.383 e. The molecule has 3 rings (SSSR count). The highest BCUT2D eigenvalue weighted by atomic mass is 15.3. The van der Waals surface area contributed by atoms with E-state index < -0.39 is 0 Å². The molecule has 0 saturated carbocycles. The molecule has 1 fully saturated rings. The summed E-state index contributed by atoms with van der Waals surface area (Å²) >= 11 is 0. The number of aromatic nitrogens is 2. The summed E-state index contributed by atoms with van der Waals surface area (Å²) in [5.41, 5.74) is 14.0. The Morgan fingerprint density at radius 3 is 2.33 bits per heavy atom. The van der Waals surface area contributed by atoms with E-state index in [2.05, 4.69) is 51.0 Å². The first-order valence-corrected chi connectivity index (χ1v) is 7.08. The van der Waals surface area contributed by atoms with Crippen molar-refractivity contribution in [2.75, 3.05) is 47.4 Å². The lowest BCUT2D eigenvalue weighted by Gasteiger charge is -2.36. The summed E-state index contributed by atoms with van der Waals surface area (Å²) < 4.78 is 0. The lowest BCUT2D eigenvalue weighted by atomic mass is 10.2. The predicted molar refractivity (Wildman–Crippen MR) is 86.5 cm³/mol. The Morgan fingerprint density at radius 2 is 1.67 bits per heavy atom. The van der Waals surface area contributed by atoms with Crippen LogP contribution >= 0.6 is 0 Å². The van der Waals surface area contributed by atoms with E-state index in [9.17, 15) is 0 Å². The maximum absolute atomic E-state index is 5.73. The molecule has 1 aromatic heterocycles. The van der Waals surface area contributed by atoms with Crippen molar-refractivity contribution in [3.63, 3.8) is 0 Å². The van der Waals surface area contributed by atoms with Crippen LogP contribution in [0.4, 0.5) is 23.3 Å². The summed E-state index contributed by atoms with van der Waals surface area (Å²) in [5.74, 6) is 1.45. The zero-order valence-corrected chi connectivity index (χ0v) is 12.2. The van der Waals surface area contributed by atoms with Gasteiger partial charge < -0.3 is 21.3 Å². The van der Waals surface area contributed by atoms with Crippen molar-refractivity contribution in [3.8, 4) is 0 Å². The third-order valence-electron chi connectivity index (χ3n) is 3.72. The fraction of sp³-hybridized carbons (Fsp3) is 0.333. The molecule has 110 valence electrons. The molecule has 1 saturated heterocycles. The van der Waals surface area contributed by atoms with Gasteiger partial charge >= 0.3 is 0 Å². The van der Waals surface area contributed by atoms with Gasteiger partial charge in [0.2, 0.25) is 5.95 Å². The number of nitrogens with two attached hydrogens (primary N) is 2. The fourth-order valence-corrected chi connectivity index (χ4v) is 2.65. The Bertz CT molecular complexity index is 614. The summed E-state index contributed by atoms with van der Waals surface area (Å²) in [4.78, 5) is 12.8. The first kappa shape index (κ1) is 13.5. The molecule has 1 aromatic carbocycles. The van der Waals surface area contributed by atoms with Crippen molar-refractivity contribution in [1.29, 1.82) is 0 Å². The molecular weight excluding hydrogens is 264 g/mol. The van der Waals surface area contributed by atoms with Gasteiger partial charge in [0.1, 0.15) is 11.6 Å². The summed E-state index contributed by atoms with van der Waals surface area (Å²) in [6.07, 6.45) is 0. The van der Waals surface area contributed by atoms with Crippen molar-refractivity contribution in [2.45, 2.75) is 6.92 Å². The second kappa shape index (κ2) is 5.47. The van der Waals surface area contributed by atoms with Crippen LogP contribution < -0.4 is 21.3 Å². The number of nitrogen functional groups attached to an aromatic ring is 2. The molecule has 0 unspecified atom stereocenters. The summed E-state index contributed by atoms with van der Waals surface area (Å²) in [6, 6.07) is 10.4. The van der Waals surface area contributed by atoms with E-state index in [0.29, 0.717) is 5.82 Å². The Balaban J connectivity index is 1.70. The molecular formula is C15H20N6. The molecule has 0 atom stereocenters. The van der Waals surface area contributed by atoms with E-state index in [4.69, 9.17) is 11.5 Å². The molecule has 0 bridgehead atoms. The normalized spacial score (nSPS) is 15.3. The van der Waals surface area contributed by atoms with Crippen LogP contribution in [0.25, 0.3) is 0 Å². The molecule has 6 nitrogen and oxygen atoms in total. The highest BCUT2D eigenvalue weighted by Gasteiger charge is 2.19. The molecule has 1 aliphatic heterocycles. The van der Waals surface area contributed by atoms with Gasteiger partial charge in [-0.05, 0) is 24.6 Å². The van der Waals surface area contributed by atoms with Crippen LogP contribution in [0.3, 0.4) is 0 Å². The van der Waals surface area contributed by atoms with Gasteiger partial charge in [-0.1, -0.05) is 12.1 Å². The average molecular weight is 284 g/mol. The number of hydrogen-bond acceptors (Lipinski definition) is 6. The topological polar surface area (TPSA) is 84.3 Å². The third kappa shape index (κ3) is 2.99. The first-order chi connectivity index (χ1) is 10.1. The van der Waals surface area contributed by atoms with Crippen molar-refractivity contribution >= 4 is 23.3 Å². The van der Waals surface area contributed by atoms with Gasteiger partial charge in [0.25, 0.3) is 0 Å². The van der Waals surface area contributed by atoms with E-state index in [1.807, 2.05) is 0 Å². The molecule has 4 N–H and O–H groups in total.